The van der Waals surface area contributed by atoms with Crippen molar-refractivity contribution in [3.8, 4) is 0 Å². The highest BCUT2D eigenvalue weighted by molar-refractivity contribution is 8.14. The van der Waals surface area contributed by atoms with E-state index in [4.69, 9.17) is 0 Å². The zero-order valence-electron chi connectivity index (χ0n) is 17.8. The summed E-state index contributed by atoms with van der Waals surface area (Å²) in [4.78, 5) is 50.2. The Morgan fingerprint density at radius 1 is 1.25 bits per heavy atom. The quantitative estimate of drug-likeness (QED) is 0.531. The van der Waals surface area contributed by atoms with Crippen LogP contribution in [-0.4, -0.2) is 52.7 Å². The number of rotatable bonds is 10. The third-order valence-corrected chi connectivity index (χ3v) is 6.64. The van der Waals surface area contributed by atoms with Gasteiger partial charge in [-0.3, -0.25) is 19.2 Å². The molecule has 1 heterocycles. The van der Waals surface area contributed by atoms with Crippen LogP contribution in [0.15, 0.2) is 18.2 Å². The minimum Gasteiger partial charge on any atom is -0.468 e. The molecule has 32 heavy (non-hydrogen) atoms. The Bertz CT molecular complexity index is 893. The molecule has 1 N–H and O–H groups in total. The molecule has 174 valence electrons. The summed E-state index contributed by atoms with van der Waals surface area (Å²) in [6.45, 7) is -0.125. The zero-order chi connectivity index (χ0) is 23.3. The van der Waals surface area contributed by atoms with Crippen molar-refractivity contribution in [2.45, 2.75) is 57.2 Å². The van der Waals surface area contributed by atoms with Crippen LogP contribution in [0.5, 0.6) is 0 Å². The first-order chi connectivity index (χ1) is 15.3. The number of carbonyl (C=O) groups excluding carboxylic acids is 4. The smallest absolute Gasteiger partial charge is 0.316 e. The van der Waals surface area contributed by atoms with Crippen LogP contribution in [0.4, 0.5) is 8.78 Å². The van der Waals surface area contributed by atoms with Gasteiger partial charge in [0.25, 0.3) is 0 Å². The summed E-state index contributed by atoms with van der Waals surface area (Å²) >= 11 is 0.807. The maximum absolute atomic E-state index is 14.1. The number of nitrogens with one attached hydrogen (secondary N) is 1. The van der Waals surface area contributed by atoms with Gasteiger partial charge in [0.2, 0.25) is 16.9 Å². The molecular formula is C22H26F2N2O5S. The number of hydrogen-bond acceptors (Lipinski definition) is 6. The number of likely N-dealkylation sites (tertiary alicyclic amines) is 1. The number of methoxy groups -OCH3 is 1. The number of hydrogen-bond donors (Lipinski definition) is 1. The van der Waals surface area contributed by atoms with Gasteiger partial charge in [0.05, 0.1) is 18.9 Å². The topological polar surface area (TPSA) is 92.8 Å². The maximum Gasteiger partial charge on any atom is 0.316 e. The van der Waals surface area contributed by atoms with Crippen LogP contribution < -0.4 is 5.32 Å². The molecule has 1 aliphatic carbocycles. The predicted molar refractivity (Wildman–Crippen MR) is 113 cm³/mol. The highest BCUT2D eigenvalue weighted by atomic mass is 32.2. The van der Waals surface area contributed by atoms with E-state index in [1.165, 1.54) is 24.1 Å². The minimum atomic E-state index is -1.01. The number of thioether (sulfide) groups is 1. The van der Waals surface area contributed by atoms with Gasteiger partial charge in [0, 0.05) is 31.0 Å². The molecule has 1 saturated carbocycles. The Hall–Kier alpha value is -2.49. The molecule has 0 aromatic heterocycles. The van der Waals surface area contributed by atoms with Crippen molar-refractivity contribution in [2.75, 3.05) is 12.9 Å². The van der Waals surface area contributed by atoms with Crippen LogP contribution in [0.1, 0.15) is 44.1 Å². The lowest BCUT2D eigenvalue weighted by molar-refractivity contribution is -0.137. The molecule has 2 atom stereocenters. The molecule has 2 aliphatic rings. The van der Waals surface area contributed by atoms with Gasteiger partial charge in [-0.15, -0.1) is 0 Å². The van der Waals surface area contributed by atoms with Crippen molar-refractivity contribution in [1.29, 1.82) is 0 Å². The number of ether oxygens (including phenoxy) is 1. The molecule has 1 aliphatic heterocycles. The third-order valence-electron chi connectivity index (χ3n) is 5.69. The molecule has 0 radical (unpaired) electrons. The number of carbonyl (C=O) groups is 4. The second-order valence-corrected chi connectivity index (χ2v) is 9.09. The van der Waals surface area contributed by atoms with Crippen molar-refractivity contribution in [1.82, 2.24) is 10.2 Å². The molecule has 1 aromatic carbocycles. The Kier molecular flexibility index (Phi) is 8.22. The van der Waals surface area contributed by atoms with Gasteiger partial charge in [-0.1, -0.05) is 36.7 Å². The van der Waals surface area contributed by atoms with E-state index in [1.54, 1.807) is 0 Å². The molecule has 0 unspecified atom stereocenters. The highest BCUT2D eigenvalue weighted by Crippen LogP contribution is 2.34. The van der Waals surface area contributed by atoms with Crippen molar-refractivity contribution in [3.05, 3.63) is 35.4 Å². The lowest BCUT2D eigenvalue weighted by atomic mass is 10.1. The normalized spacial score (nSPS) is 19.0. The Balaban J connectivity index is 1.60. The van der Waals surface area contributed by atoms with Gasteiger partial charge in [-0.25, -0.2) is 8.78 Å². The molecule has 2 amide bonds. The average Bonchev–Trinajstić information content (AvgIpc) is 3.53. The maximum atomic E-state index is 14.1. The summed E-state index contributed by atoms with van der Waals surface area (Å²) in [5.74, 6) is -2.91. The molecule has 1 saturated heterocycles. The number of halogens is 2. The van der Waals surface area contributed by atoms with Gasteiger partial charge < -0.3 is 15.0 Å². The Labute approximate surface area is 189 Å². The Morgan fingerprint density at radius 3 is 2.69 bits per heavy atom. The zero-order valence-corrected chi connectivity index (χ0v) is 18.6. The van der Waals surface area contributed by atoms with E-state index < -0.39 is 35.6 Å². The first-order valence-corrected chi connectivity index (χ1v) is 11.5. The minimum absolute atomic E-state index is 0.0429. The molecule has 2 fully saturated rings. The fourth-order valence-corrected chi connectivity index (χ4v) is 4.47. The largest absolute Gasteiger partial charge is 0.468 e. The van der Waals surface area contributed by atoms with Gasteiger partial charge in [-0.05, 0) is 24.8 Å². The van der Waals surface area contributed by atoms with Crippen LogP contribution in [0.2, 0.25) is 0 Å². The highest BCUT2D eigenvalue weighted by Gasteiger charge is 2.35. The van der Waals surface area contributed by atoms with E-state index in [0.29, 0.717) is 18.8 Å². The van der Waals surface area contributed by atoms with E-state index in [0.717, 1.165) is 30.7 Å². The molecule has 10 heteroatoms. The van der Waals surface area contributed by atoms with Crippen molar-refractivity contribution < 1.29 is 32.7 Å². The standard InChI is InChI=1S/C22H26F2N2O5S/c1-31-20(29)12-32-22(30)17(9-13-5-6-13)25-18(27)10-15-7-8-19(28)26(15)11-14-3-2-4-16(23)21(14)24/h2-4,13,15,17H,5-12H2,1H3,(H,25,27)/t15-,17-/m0/s1. The van der Waals surface area contributed by atoms with Crippen molar-refractivity contribution in [3.63, 3.8) is 0 Å². The van der Waals surface area contributed by atoms with Crippen LogP contribution in [0, 0.1) is 17.6 Å². The third kappa shape index (κ3) is 6.51. The van der Waals surface area contributed by atoms with Gasteiger partial charge in [0.15, 0.2) is 11.6 Å². The summed E-state index contributed by atoms with van der Waals surface area (Å²) < 4.78 is 32.1. The van der Waals surface area contributed by atoms with Crippen molar-refractivity contribution in [2.24, 2.45) is 5.92 Å². The molecule has 7 nitrogen and oxygen atoms in total. The first-order valence-electron chi connectivity index (χ1n) is 10.5. The van der Waals surface area contributed by atoms with Crippen LogP contribution in [0.25, 0.3) is 0 Å². The van der Waals surface area contributed by atoms with E-state index in [-0.39, 0.29) is 41.7 Å². The lowest BCUT2D eigenvalue weighted by Crippen LogP contribution is -2.43. The molecule has 0 bridgehead atoms. The molecule has 3 rings (SSSR count). The summed E-state index contributed by atoms with van der Waals surface area (Å²) in [5.41, 5.74) is 0.0478. The fourth-order valence-electron chi connectivity index (χ4n) is 3.73. The summed E-state index contributed by atoms with van der Waals surface area (Å²) in [6.07, 6.45) is 3.08. The molecule has 1 aromatic rings. The fraction of sp³-hybridized carbons (Fsp3) is 0.545. The van der Waals surface area contributed by atoms with Gasteiger partial charge >= 0.3 is 5.97 Å². The number of nitrogens with zero attached hydrogens (tertiary/aromatic N) is 1. The second kappa shape index (κ2) is 10.9. The van der Waals surface area contributed by atoms with E-state index >= 15 is 0 Å². The molecule has 0 spiro atoms. The van der Waals surface area contributed by atoms with Gasteiger partial charge in [-0.2, -0.15) is 0 Å². The lowest BCUT2D eigenvalue weighted by Gasteiger charge is -2.26. The SMILES string of the molecule is COC(=O)CSC(=O)[C@H](CC1CC1)NC(=O)C[C@@H]1CCC(=O)N1Cc1cccc(F)c1F. The Morgan fingerprint density at radius 2 is 2.00 bits per heavy atom. The van der Waals surface area contributed by atoms with E-state index in [9.17, 15) is 28.0 Å². The first kappa shape index (κ1) is 24.2. The van der Waals surface area contributed by atoms with Crippen LogP contribution >= 0.6 is 11.8 Å². The second-order valence-electron chi connectivity index (χ2n) is 8.11. The monoisotopic (exact) mass is 468 g/mol. The summed E-state index contributed by atoms with van der Waals surface area (Å²) in [7, 11) is 1.24. The summed E-state index contributed by atoms with van der Waals surface area (Å²) in [6, 6.07) is 2.59. The average molecular weight is 469 g/mol. The number of amides is 2. The van der Waals surface area contributed by atoms with E-state index in [1.807, 2.05) is 0 Å². The number of esters is 1. The van der Waals surface area contributed by atoms with Gasteiger partial charge in [0.1, 0.15) is 0 Å². The van der Waals surface area contributed by atoms with Crippen LogP contribution in [-0.2, 0) is 30.5 Å². The number of benzene rings is 1. The molecular weight excluding hydrogens is 442 g/mol. The van der Waals surface area contributed by atoms with Crippen molar-refractivity contribution >= 4 is 34.7 Å². The summed E-state index contributed by atoms with van der Waals surface area (Å²) in [5, 5.41) is 2.43. The van der Waals surface area contributed by atoms with E-state index in [2.05, 4.69) is 10.1 Å². The van der Waals surface area contributed by atoms with Crippen LogP contribution in [0.3, 0.4) is 0 Å². The predicted octanol–water partition coefficient (Wildman–Crippen LogP) is 2.56.